The largest absolute Gasteiger partial charge is 0.490 e. The van der Waals surface area contributed by atoms with E-state index in [1.165, 1.54) is 0 Å². The number of rotatable bonds is 5. The summed E-state index contributed by atoms with van der Waals surface area (Å²) in [6, 6.07) is 5.73. The van der Waals surface area contributed by atoms with Gasteiger partial charge in [0.25, 0.3) is 0 Å². The summed E-state index contributed by atoms with van der Waals surface area (Å²) >= 11 is 8.49. The third-order valence-corrected chi connectivity index (χ3v) is 3.22. The molecule has 0 spiro atoms. The molecule has 0 fully saturated rings. The smallest absolute Gasteiger partial charge is 0.131 e. The van der Waals surface area contributed by atoms with Gasteiger partial charge in [0.05, 0.1) is 11.7 Å². The number of thiocarbonyl (C=S) groups is 1. The Hall–Kier alpha value is -0.610. The Kier molecular flexibility index (Phi) is 5.40. The highest BCUT2D eigenvalue weighted by Crippen LogP contribution is 2.28. The van der Waals surface area contributed by atoms with E-state index >= 15 is 0 Å². The van der Waals surface area contributed by atoms with Crippen molar-refractivity contribution in [3.63, 3.8) is 0 Å². The van der Waals surface area contributed by atoms with Gasteiger partial charge in [0.1, 0.15) is 10.7 Å². The summed E-state index contributed by atoms with van der Waals surface area (Å²) in [5, 5.41) is 0. The lowest BCUT2D eigenvalue weighted by Crippen LogP contribution is -2.18. The van der Waals surface area contributed by atoms with Crippen molar-refractivity contribution in [2.45, 2.75) is 33.3 Å². The van der Waals surface area contributed by atoms with Crippen LogP contribution in [0.25, 0.3) is 0 Å². The van der Waals surface area contributed by atoms with Crippen LogP contribution in [0.2, 0.25) is 0 Å². The molecule has 2 N–H and O–H groups in total. The van der Waals surface area contributed by atoms with Crippen molar-refractivity contribution in [2.24, 2.45) is 11.7 Å². The van der Waals surface area contributed by atoms with Crippen molar-refractivity contribution in [3.05, 3.63) is 28.2 Å². The van der Waals surface area contributed by atoms with Crippen LogP contribution in [-0.4, -0.2) is 11.1 Å². The van der Waals surface area contributed by atoms with E-state index < -0.39 is 0 Å². The van der Waals surface area contributed by atoms with E-state index in [9.17, 15) is 0 Å². The molecule has 0 radical (unpaired) electrons. The normalized spacial score (nSPS) is 12.5. The summed E-state index contributed by atoms with van der Waals surface area (Å²) in [5.41, 5.74) is 6.49. The molecular formula is C13H18BrNOS. The number of hydrogen-bond donors (Lipinski definition) is 1. The Bertz CT molecular complexity index is 406. The van der Waals surface area contributed by atoms with E-state index in [1.54, 1.807) is 0 Å². The van der Waals surface area contributed by atoms with Crippen molar-refractivity contribution in [1.29, 1.82) is 0 Å². The molecule has 0 aromatic heterocycles. The molecule has 1 atom stereocenters. The lowest BCUT2D eigenvalue weighted by Gasteiger charge is -2.19. The van der Waals surface area contributed by atoms with Crippen molar-refractivity contribution in [1.82, 2.24) is 0 Å². The van der Waals surface area contributed by atoms with Gasteiger partial charge in [0, 0.05) is 4.47 Å². The standard InChI is InChI=1S/C13H18BrNOS/c1-8(2)7-9(3)16-11-6-4-5-10(14)12(11)13(15)17/h4-6,8-9H,7H2,1-3H3,(H2,15,17). The van der Waals surface area contributed by atoms with E-state index in [0.717, 1.165) is 22.2 Å². The number of halogens is 1. The minimum Gasteiger partial charge on any atom is -0.490 e. The summed E-state index contributed by atoms with van der Waals surface area (Å²) < 4.78 is 6.78. The van der Waals surface area contributed by atoms with Gasteiger partial charge in [-0.1, -0.05) is 32.1 Å². The monoisotopic (exact) mass is 315 g/mol. The second-order valence-corrected chi connectivity index (χ2v) is 5.83. The Morgan fingerprint density at radius 1 is 1.41 bits per heavy atom. The van der Waals surface area contributed by atoms with E-state index in [-0.39, 0.29) is 6.10 Å². The molecule has 1 aromatic carbocycles. The summed E-state index contributed by atoms with van der Waals surface area (Å²) in [6.45, 7) is 6.41. The molecule has 1 aromatic rings. The molecule has 1 unspecified atom stereocenters. The van der Waals surface area contributed by atoms with Crippen molar-refractivity contribution >= 4 is 33.1 Å². The first-order valence-electron chi connectivity index (χ1n) is 5.66. The molecule has 0 heterocycles. The third kappa shape index (κ3) is 4.28. The van der Waals surface area contributed by atoms with Crippen LogP contribution in [0.1, 0.15) is 32.8 Å². The molecule has 0 aliphatic heterocycles. The van der Waals surface area contributed by atoms with Gasteiger partial charge in [-0.15, -0.1) is 0 Å². The van der Waals surface area contributed by atoms with Gasteiger partial charge in [-0.3, -0.25) is 0 Å². The maximum atomic E-state index is 5.90. The molecule has 0 saturated carbocycles. The Morgan fingerprint density at radius 3 is 2.59 bits per heavy atom. The average Bonchev–Trinajstić information content (AvgIpc) is 2.15. The van der Waals surface area contributed by atoms with Gasteiger partial charge < -0.3 is 10.5 Å². The minimum atomic E-state index is 0.150. The Balaban J connectivity index is 2.91. The van der Waals surface area contributed by atoms with Crippen LogP contribution in [0, 0.1) is 5.92 Å². The van der Waals surface area contributed by atoms with Crippen LogP contribution in [-0.2, 0) is 0 Å². The molecule has 4 heteroatoms. The zero-order valence-electron chi connectivity index (χ0n) is 10.4. The highest BCUT2D eigenvalue weighted by molar-refractivity contribution is 9.10. The van der Waals surface area contributed by atoms with Crippen molar-refractivity contribution in [3.8, 4) is 5.75 Å². The van der Waals surface area contributed by atoms with Gasteiger partial charge in [-0.05, 0) is 47.3 Å². The number of hydrogen-bond acceptors (Lipinski definition) is 2. The van der Waals surface area contributed by atoms with Gasteiger partial charge in [0.2, 0.25) is 0 Å². The van der Waals surface area contributed by atoms with Gasteiger partial charge in [0.15, 0.2) is 0 Å². The van der Waals surface area contributed by atoms with Gasteiger partial charge >= 0.3 is 0 Å². The van der Waals surface area contributed by atoms with E-state index in [2.05, 4.69) is 36.7 Å². The maximum Gasteiger partial charge on any atom is 0.131 e. The fourth-order valence-corrected chi connectivity index (χ4v) is 2.67. The predicted molar refractivity (Wildman–Crippen MR) is 79.6 cm³/mol. The second kappa shape index (κ2) is 6.36. The molecule has 2 nitrogen and oxygen atoms in total. The molecule has 17 heavy (non-hydrogen) atoms. The summed E-state index contributed by atoms with van der Waals surface area (Å²) in [5.74, 6) is 1.35. The van der Waals surface area contributed by atoms with E-state index in [1.807, 2.05) is 18.2 Å². The number of ether oxygens (including phenoxy) is 1. The third-order valence-electron chi connectivity index (χ3n) is 2.35. The minimum absolute atomic E-state index is 0.150. The highest BCUT2D eigenvalue weighted by Gasteiger charge is 2.14. The quantitative estimate of drug-likeness (QED) is 0.837. The summed E-state index contributed by atoms with van der Waals surface area (Å²) in [7, 11) is 0. The predicted octanol–water partition coefficient (Wildman–Crippen LogP) is 3.90. The molecule has 1 rings (SSSR count). The highest BCUT2D eigenvalue weighted by atomic mass is 79.9. The first kappa shape index (κ1) is 14.5. The zero-order valence-corrected chi connectivity index (χ0v) is 12.8. The number of nitrogens with two attached hydrogens (primary N) is 1. The molecule has 0 aliphatic rings. The zero-order chi connectivity index (χ0) is 13.0. The molecule has 0 amide bonds. The Morgan fingerprint density at radius 2 is 2.06 bits per heavy atom. The molecule has 0 saturated heterocycles. The van der Waals surface area contributed by atoms with Crippen molar-refractivity contribution in [2.75, 3.05) is 0 Å². The van der Waals surface area contributed by atoms with Gasteiger partial charge in [-0.25, -0.2) is 0 Å². The maximum absolute atomic E-state index is 5.90. The fourth-order valence-electron chi connectivity index (χ4n) is 1.77. The van der Waals surface area contributed by atoms with E-state index in [4.69, 9.17) is 22.7 Å². The fraction of sp³-hybridized carbons (Fsp3) is 0.462. The van der Waals surface area contributed by atoms with Crippen LogP contribution in [0.5, 0.6) is 5.75 Å². The SMILES string of the molecule is CC(C)CC(C)Oc1cccc(Br)c1C(N)=S. The summed E-state index contributed by atoms with van der Waals surface area (Å²) in [4.78, 5) is 0.351. The van der Waals surface area contributed by atoms with Gasteiger partial charge in [-0.2, -0.15) is 0 Å². The van der Waals surface area contributed by atoms with E-state index in [0.29, 0.717) is 10.9 Å². The van der Waals surface area contributed by atoms with Crippen LogP contribution >= 0.6 is 28.1 Å². The van der Waals surface area contributed by atoms with Crippen LogP contribution in [0.3, 0.4) is 0 Å². The molecular weight excluding hydrogens is 298 g/mol. The van der Waals surface area contributed by atoms with Crippen molar-refractivity contribution < 1.29 is 4.74 Å². The van der Waals surface area contributed by atoms with Crippen LogP contribution < -0.4 is 10.5 Å². The second-order valence-electron chi connectivity index (χ2n) is 4.54. The first-order valence-corrected chi connectivity index (χ1v) is 6.87. The lowest BCUT2D eigenvalue weighted by molar-refractivity contribution is 0.193. The lowest BCUT2D eigenvalue weighted by atomic mass is 10.1. The molecule has 0 aliphatic carbocycles. The first-order chi connectivity index (χ1) is 7.91. The van der Waals surface area contributed by atoms with Crippen LogP contribution in [0.15, 0.2) is 22.7 Å². The molecule has 0 bridgehead atoms. The van der Waals surface area contributed by atoms with Crippen LogP contribution in [0.4, 0.5) is 0 Å². The average molecular weight is 316 g/mol. The molecule has 94 valence electrons. The number of benzene rings is 1. The Labute approximate surface area is 117 Å². The topological polar surface area (TPSA) is 35.2 Å². The summed E-state index contributed by atoms with van der Waals surface area (Å²) in [6.07, 6.45) is 1.15.